The lowest BCUT2D eigenvalue weighted by atomic mass is 10.3. The number of hydrogen-bond donors (Lipinski definition) is 1. The topological polar surface area (TPSA) is 102 Å². The summed E-state index contributed by atoms with van der Waals surface area (Å²) < 4.78 is 0. The minimum absolute atomic E-state index is 0.205. The van der Waals surface area contributed by atoms with Gasteiger partial charge < -0.3 is 0 Å². The molecule has 23 heavy (non-hydrogen) atoms. The van der Waals surface area contributed by atoms with Crippen LogP contribution in [0.25, 0.3) is 0 Å². The van der Waals surface area contributed by atoms with E-state index in [1.807, 2.05) is 6.92 Å². The molecule has 126 valence electrons. The largest absolute Gasteiger partial charge is 0.276 e. The Balaban J connectivity index is 1.91. The van der Waals surface area contributed by atoms with Crippen molar-refractivity contribution in [3.63, 3.8) is 0 Å². The van der Waals surface area contributed by atoms with Crippen LogP contribution in [-0.2, 0) is 19.2 Å². The normalized spacial score (nSPS) is 21.0. The first-order chi connectivity index (χ1) is 10.8. The van der Waals surface area contributed by atoms with Gasteiger partial charge in [0.15, 0.2) is 0 Å². The Hall–Kier alpha value is -2.29. The van der Waals surface area contributed by atoms with Gasteiger partial charge in [0.05, 0.1) is 6.04 Å². The van der Waals surface area contributed by atoms with Crippen LogP contribution in [-0.4, -0.2) is 64.1 Å². The fourth-order valence-electron chi connectivity index (χ4n) is 2.67. The van der Waals surface area contributed by atoms with E-state index in [2.05, 4.69) is 10.4 Å². The molecule has 0 bridgehead atoms. The molecule has 0 aromatic heterocycles. The molecule has 1 unspecified atom stereocenters. The number of aliphatic imine (C=N–C) groups is 1. The van der Waals surface area contributed by atoms with Gasteiger partial charge in [0.1, 0.15) is 5.84 Å². The Morgan fingerprint density at radius 2 is 1.57 bits per heavy atom. The molecule has 9 heteroatoms. The molecular formula is C14H21N5O4. The molecule has 0 saturated carbocycles. The fraction of sp³-hybridized carbons (Fsp3) is 0.643. The third kappa shape index (κ3) is 3.92. The van der Waals surface area contributed by atoms with Gasteiger partial charge in [-0.3, -0.25) is 29.6 Å². The molecule has 0 aromatic rings. The molecule has 2 aliphatic rings. The van der Waals surface area contributed by atoms with Crippen LogP contribution in [0.3, 0.4) is 0 Å². The van der Waals surface area contributed by atoms with E-state index in [-0.39, 0.29) is 55.4 Å². The maximum atomic E-state index is 11.7. The minimum atomic E-state index is -0.275. The van der Waals surface area contributed by atoms with Crippen molar-refractivity contribution in [2.45, 2.75) is 45.6 Å². The Labute approximate surface area is 134 Å². The quantitative estimate of drug-likeness (QED) is 0.413. The number of nitrogens with one attached hydrogen (secondary N) is 1. The fourth-order valence-corrected chi connectivity index (χ4v) is 2.67. The third-order valence-corrected chi connectivity index (χ3v) is 3.63. The molecule has 2 fully saturated rings. The predicted octanol–water partition coefficient (Wildman–Crippen LogP) is -0.557. The number of carbonyl (C=O) groups excluding carboxylic acids is 4. The van der Waals surface area contributed by atoms with Crippen molar-refractivity contribution in [3.05, 3.63) is 0 Å². The Kier molecular flexibility index (Phi) is 5.09. The second-order valence-corrected chi connectivity index (χ2v) is 5.74. The van der Waals surface area contributed by atoms with Gasteiger partial charge >= 0.3 is 0 Å². The van der Waals surface area contributed by atoms with Gasteiger partial charge in [-0.25, -0.2) is 10.0 Å². The molecule has 2 rings (SSSR count). The number of hydrogen-bond acceptors (Lipinski definition) is 6. The number of likely N-dealkylation sites (N-methyl/N-ethyl adjacent to an activating group) is 1. The minimum Gasteiger partial charge on any atom is -0.276 e. The average Bonchev–Trinajstić information content (AvgIpc) is 2.95. The van der Waals surface area contributed by atoms with E-state index >= 15 is 0 Å². The van der Waals surface area contributed by atoms with Crippen LogP contribution in [0.1, 0.15) is 39.5 Å². The molecule has 9 nitrogen and oxygen atoms in total. The summed E-state index contributed by atoms with van der Waals surface area (Å²) in [4.78, 5) is 50.7. The van der Waals surface area contributed by atoms with Crippen molar-refractivity contribution in [1.29, 1.82) is 0 Å². The summed E-state index contributed by atoms with van der Waals surface area (Å²) in [5.41, 5.74) is 2.69. The van der Waals surface area contributed by atoms with Crippen molar-refractivity contribution >= 4 is 29.5 Å². The molecular weight excluding hydrogens is 302 g/mol. The van der Waals surface area contributed by atoms with Gasteiger partial charge in [0.2, 0.25) is 23.6 Å². The van der Waals surface area contributed by atoms with E-state index in [0.29, 0.717) is 12.4 Å². The zero-order valence-corrected chi connectivity index (χ0v) is 13.5. The molecule has 0 aliphatic carbocycles. The van der Waals surface area contributed by atoms with E-state index in [4.69, 9.17) is 0 Å². The predicted molar refractivity (Wildman–Crippen MR) is 80.5 cm³/mol. The van der Waals surface area contributed by atoms with E-state index < -0.39 is 0 Å². The highest BCUT2D eigenvalue weighted by Crippen LogP contribution is 2.14. The number of imide groups is 2. The summed E-state index contributed by atoms with van der Waals surface area (Å²) in [5, 5.41) is 3.66. The number of carbonyl (C=O) groups is 4. The monoisotopic (exact) mass is 323 g/mol. The first-order valence-electron chi connectivity index (χ1n) is 7.53. The molecule has 0 radical (unpaired) electrons. The second kappa shape index (κ2) is 6.86. The van der Waals surface area contributed by atoms with E-state index in [1.165, 1.54) is 0 Å². The van der Waals surface area contributed by atoms with Gasteiger partial charge in [0.25, 0.3) is 0 Å². The molecule has 0 spiro atoms. The molecule has 1 N–H and O–H groups in total. The second-order valence-electron chi connectivity index (χ2n) is 5.74. The van der Waals surface area contributed by atoms with Crippen LogP contribution < -0.4 is 5.43 Å². The molecule has 4 amide bonds. The number of rotatable bonds is 5. The lowest BCUT2D eigenvalue weighted by Gasteiger charge is -2.27. The van der Waals surface area contributed by atoms with Gasteiger partial charge in [-0.1, -0.05) is 0 Å². The zero-order chi connectivity index (χ0) is 17.1. The van der Waals surface area contributed by atoms with Crippen LogP contribution >= 0.6 is 0 Å². The van der Waals surface area contributed by atoms with Crippen molar-refractivity contribution in [2.24, 2.45) is 4.99 Å². The van der Waals surface area contributed by atoms with Crippen LogP contribution in [0.2, 0.25) is 0 Å². The van der Waals surface area contributed by atoms with Crippen molar-refractivity contribution in [1.82, 2.24) is 20.5 Å². The summed E-state index contributed by atoms with van der Waals surface area (Å²) in [6, 6.07) is -0.235. The Morgan fingerprint density at radius 3 is 2.09 bits per heavy atom. The molecule has 1 atom stereocenters. The first kappa shape index (κ1) is 17.1. The van der Waals surface area contributed by atoms with E-state index in [1.54, 1.807) is 19.0 Å². The van der Waals surface area contributed by atoms with Gasteiger partial charge in [-0.05, 0) is 13.8 Å². The van der Waals surface area contributed by atoms with Crippen molar-refractivity contribution in [2.75, 3.05) is 13.6 Å². The van der Waals surface area contributed by atoms with Gasteiger partial charge in [-0.15, -0.1) is 0 Å². The van der Waals surface area contributed by atoms with E-state index in [9.17, 15) is 19.2 Å². The third-order valence-electron chi connectivity index (χ3n) is 3.63. The highest BCUT2D eigenvalue weighted by molar-refractivity contribution is 6.03. The number of amides is 4. The summed E-state index contributed by atoms with van der Waals surface area (Å²) in [6.07, 6.45) is 0.883. The molecule has 2 heterocycles. The molecule has 2 saturated heterocycles. The van der Waals surface area contributed by atoms with Crippen LogP contribution in [0.5, 0.6) is 0 Å². The number of hydrazine groups is 2. The Morgan fingerprint density at radius 1 is 1.09 bits per heavy atom. The highest BCUT2D eigenvalue weighted by Gasteiger charge is 2.33. The Bertz CT molecular complexity index is 542. The SMILES string of the molecule is C/C(=N\C(C)CN(C)N1C(=O)CCC1=O)NN1C(=O)CCC1=O. The highest BCUT2D eigenvalue weighted by atomic mass is 16.2. The van der Waals surface area contributed by atoms with Crippen molar-refractivity contribution < 1.29 is 19.2 Å². The zero-order valence-electron chi connectivity index (χ0n) is 13.5. The van der Waals surface area contributed by atoms with Gasteiger partial charge in [0, 0.05) is 39.3 Å². The lowest BCUT2D eigenvalue weighted by molar-refractivity contribution is -0.155. The smallest absolute Gasteiger partial charge is 0.248 e. The van der Waals surface area contributed by atoms with Gasteiger partial charge in [-0.2, -0.15) is 5.01 Å². The van der Waals surface area contributed by atoms with E-state index in [0.717, 1.165) is 10.0 Å². The number of nitrogens with zero attached hydrogens (tertiary/aromatic N) is 4. The molecule has 0 aromatic carbocycles. The average molecular weight is 323 g/mol. The lowest BCUT2D eigenvalue weighted by Crippen LogP contribution is -2.47. The maximum absolute atomic E-state index is 11.7. The molecule has 2 aliphatic heterocycles. The standard InChI is InChI=1S/C14H21N5O4/c1-9(8-17(3)19-13(22)6-7-14(19)23)15-10(2)16-18-11(20)4-5-12(18)21/h9H,4-8H2,1-3H3,(H,15,16). The first-order valence-corrected chi connectivity index (χ1v) is 7.53. The number of amidine groups is 1. The maximum Gasteiger partial charge on any atom is 0.248 e. The van der Waals surface area contributed by atoms with Crippen LogP contribution in [0, 0.1) is 0 Å². The summed E-state index contributed by atoms with van der Waals surface area (Å²) >= 11 is 0. The summed E-state index contributed by atoms with van der Waals surface area (Å²) in [7, 11) is 1.66. The summed E-state index contributed by atoms with van der Waals surface area (Å²) in [5.74, 6) is -0.549. The summed E-state index contributed by atoms with van der Waals surface area (Å²) in [6.45, 7) is 3.83. The van der Waals surface area contributed by atoms with Crippen LogP contribution in [0.15, 0.2) is 4.99 Å². The van der Waals surface area contributed by atoms with Crippen LogP contribution in [0.4, 0.5) is 0 Å². The van der Waals surface area contributed by atoms with Crippen molar-refractivity contribution in [3.8, 4) is 0 Å².